The van der Waals surface area contributed by atoms with Gasteiger partial charge in [-0.2, -0.15) is 0 Å². The minimum absolute atomic E-state index is 0.0278. The quantitative estimate of drug-likeness (QED) is 0.596. The number of aliphatic hydroxyl groups excluding tert-OH is 1. The topological polar surface area (TPSA) is 59.7 Å². The monoisotopic (exact) mass is 304 g/mol. The second-order valence-corrected chi connectivity index (χ2v) is 5.04. The third-order valence-electron chi connectivity index (χ3n) is 3.50. The molecule has 3 aromatic rings. The molecule has 0 fully saturated rings. The molecule has 108 valence electrons. The highest BCUT2D eigenvalue weighted by Crippen LogP contribution is 2.35. The van der Waals surface area contributed by atoms with E-state index in [0.29, 0.717) is 23.1 Å². The molecular weight excluding hydrogens is 292 g/mol. The van der Waals surface area contributed by atoms with Crippen LogP contribution in [0.2, 0.25) is 5.02 Å². The zero-order valence-electron chi connectivity index (χ0n) is 11.4. The lowest BCUT2D eigenvalue weighted by Gasteiger charge is -2.09. The minimum Gasteiger partial charge on any atom is -0.495 e. The molecule has 0 saturated heterocycles. The Bertz CT molecular complexity index is 883. The van der Waals surface area contributed by atoms with Crippen LogP contribution in [0.1, 0.15) is 5.56 Å². The van der Waals surface area contributed by atoms with Gasteiger partial charge in [0.05, 0.1) is 12.5 Å². The Morgan fingerprint density at radius 3 is 2.76 bits per heavy atom. The predicted octanol–water partition coefficient (Wildman–Crippen LogP) is 3.14. The number of hydrogen-bond donors (Lipinski definition) is 1. The van der Waals surface area contributed by atoms with Crippen LogP contribution in [0.15, 0.2) is 39.5 Å². The molecule has 0 amide bonds. The van der Waals surface area contributed by atoms with E-state index in [1.54, 1.807) is 6.07 Å². The summed E-state index contributed by atoms with van der Waals surface area (Å²) in [4.78, 5) is 12.3. The smallest absolute Gasteiger partial charge is 0.344 e. The van der Waals surface area contributed by atoms with Gasteiger partial charge in [0, 0.05) is 17.4 Å². The summed E-state index contributed by atoms with van der Waals surface area (Å²) in [5.41, 5.74) is 0.615. The summed E-state index contributed by atoms with van der Waals surface area (Å²) in [5.74, 6) is 0.457. The van der Waals surface area contributed by atoms with Gasteiger partial charge in [-0.15, -0.1) is 0 Å². The fraction of sp³-hybridized carbons (Fsp3) is 0.188. The first-order valence-electron chi connectivity index (χ1n) is 6.49. The molecule has 21 heavy (non-hydrogen) atoms. The Morgan fingerprint density at radius 1 is 1.24 bits per heavy atom. The standard InChI is InChI=1S/C16H13ClO4/c1-20-12-6-5-11-10-4-2-3-9(7-8-18)13(10)16(19)21-15(11)14(12)17/h2-6,18H,7-8H2,1H3. The number of benzene rings is 2. The zero-order chi connectivity index (χ0) is 15.0. The van der Waals surface area contributed by atoms with Crippen LogP contribution in [0, 0.1) is 0 Å². The maximum absolute atomic E-state index is 12.3. The van der Waals surface area contributed by atoms with Crippen LogP contribution in [0.4, 0.5) is 0 Å². The summed E-state index contributed by atoms with van der Waals surface area (Å²) >= 11 is 6.22. The second kappa shape index (κ2) is 5.39. The van der Waals surface area contributed by atoms with Crippen molar-refractivity contribution in [2.24, 2.45) is 0 Å². The first kappa shape index (κ1) is 13.9. The summed E-state index contributed by atoms with van der Waals surface area (Å²) in [6.45, 7) is -0.0278. The predicted molar refractivity (Wildman–Crippen MR) is 82.3 cm³/mol. The molecule has 0 unspecified atom stereocenters. The van der Waals surface area contributed by atoms with E-state index in [0.717, 1.165) is 16.3 Å². The minimum atomic E-state index is -0.461. The van der Waals surface area contributed by atoms with Crippen molar-refractivity contribution in [3.8, 4) is 5.75 Å². The molecule has 0 bridgehead atoms. The molecule has 0 spiro atoms. The van der Waals surface area contributed by atoms with Crippen molar-refractivity contribution in [1.29, 1.82) is 0 Å². The molecule has 0 aliphatic rings. The average Bonchev–Trinajstić information content (AvgIpc) is 2.49. The highest BCUT2D eigenvalue weighted by atomic mass is 35.5. The van der Waals surface area contributed by atoms with Gasteiger partial charge >= 0.3 is 5.63 Å². The summed E-state index contributed by atoms with van der Waals surface area (Å²) in [7, 11) is 1.51. The fourth-order valence-corrected chi connectivity index (χ4v) is 2.83. The fourth-order valence-electron chi connectivity index (χ4n) is 2.55. The van der Waals surface area contributed by atoms with E-state index in [1.807, 2.05) is 24.3 Å². The second-order valence-electron chi connectivity index (χ2n) is 4.66. The Balaban J connectivity index is 2.48. The first-order chi connectivity index (χ1) is 10.2. The molecule has 0 radical (unpaired) electrons. The molecule has 4 nitrogen and oxygen atoms in total. The number of rotatable bonds is 3. The van der Waals surface area contributed by atoms with Crippen LogP contribution < -0.4 is 10.4 Å². The van der Waals surface area contributed by atoms with E-state index in [2.05, 4.69) is 0 Å². The number of fused-ring (bicyclic) bond motifs is 3. The summed E-state index contributed by atoms with van der Waals surface area (Å²) in [5, 5.41) is 11.4. The van der Waals surface area contributed by atoms with Gasteiger partial charge in [0.1, 0.15) is 10.8 Å². The van der Waals surface area contributed by atoms with Gasteiger partial charge in [-0.1, -0.05) is 29.8 Å². The van der Waals surface area contributed by atoms with E-state index in [1.165, 1.54) is 7.11 Å². The van der Waals surface area contributed by atoms with Crippen LogP contribution in [0.5, 0.6) is 5.75 Å². The lowest BCUT2D eigenvalue weighted by atomic mass is 10.0. The first-order valence-corrected chi connectivity index (χ1v) is 6.87. The van der Waals surface area contributed by atoms with Crippen LogP contribution in [-0.4, -0.2) is 18.8 Å². The van der Waals surface area contributed by atoms with Crippen molar-refractivity contribution >= 4 is 33.3 Å². The molecule has 2 aromatic carbocycles. The molecular formula is C16H13ClO4. The van der Waals surface area contributed by atoms with Gasteiger partial charge in [0.25, 0.3) is 0 Å². The van der Waals surface area contributed by atoms with Gasteiger partial charge in [0.2, 0.25) is 0 Å². The van der Waals surface area contributed by atoms with E-state index < -0.39 is 5.63 Å². The third-order valence-corrected chi connectivity index (χ3v) is 3.86. The molecule has 0 atom stereocenters. The molecule has 1 N–H and O–H groups in total. The van der Waals surface area contributed by atoms with Crippen LogP contribution >= 0.6 is 11.6 Å². The van der Waals surface area contributed by atoms with Crippen LogP contribution in [0.3, 0.4) is 0 Å². The normalized spacial score (nSPS) is 11.2. The Kier molecular flexibility index (Phi) is 3.57. The van der Waals surface area contributed by atoms with Gasteiger partial charge in [-0.05, 0) is 24.1 Å². The van der Waals surface area contributed by atoms with Gasteiger partial charge in [-0.3, -0.25) is 0 Å². The summed E-state index contributed by atoms with van der Waals surface area (Å²) in [6.07, 6.45) is 0.400. The molecule has 1 aromatic heterocycles. The number of ether oxygens (including phenoxy) is 1. The maximum atomic E-state index is 12.3. The molecule has 1 heterocycles. The van der Waals surface area contributed by atoms with E-state index >= 15 is 0 Å². The van der Waals surface area contributed by atoms with E-state index in [-0.39, 0.29) is 11.6 Å². The average molecular weight is 305 g/mol. The molecule has 5 heteroatoms. The van der Waals surface area contributed by atoms with E-state index in [4.69, 9.17) is 25.9 Å². The lowest BCUT2D eigenvalue weighted by Crippen LogP contribution is -2.05. The zero-order valence-corrected chi connectivity index (χ0v) is 12.1. The highest BCUT2D eigenvalue weighted by molar-refractivity contribution is 6.37. The van der Waals surface area contributed by atoms with E-state index in [9.17, 15) is 4.79 Å². The van der Waals surface area contributed by atoms with Crippen molar-refractivity contribution in [3.05, 3.63) is 51.3 Å². The lowest BCUT2D eigenvalue weighted by molar-refractivity contribution is 0.300. The van der Waals surface area contributed by atoms with Crippen molar-refractivity contribution in [3.63, 3.8) is 0 Å². The van der Waals surface area contributed by atoms with Gasteiger partial charge in [0.15, 0.2) is 5.58 Å². The van der Waals surface area contributed by atoms with Gasteiger partial charge < -0.3 is 14.3 Å². The molecule has 3 rings (SSSR count). The summed E-state index contributed by atoms with van der Waals surface area (Å²) < 4.78 is 10.5. The third kappa shape index (κ3) is 2.17. The number of hydrogen-bond acceptors (Lipinski definition) is 4. The van der Waals surface area contributed by atoms with Crippen LogP contribution in [0.25, 0.3) is 21.7 Å². The number of methoxy groups -OCH3 is 1. The van der Waals surface area contributed by atoms with Crippen molar-refractivity contribution < 1.29 is 14.3 Å². The Morgan fingerprint density at radius 2 is 2.05 bits per heavy atom. The van der Waals surface area contributed by atoms with Crippen molar-refractivity contribution in [2.75, 3.05) is 13.7 Å². The molecule has 0 aliphatic heterocycles. The van der Waals surface area contributed by atoms with Gasteiger partial charge in [-0.25, -0.2) is 4.79 Å². The highest BCUT2D eigenvalue weighted by Gasteiger charge is 2.15. The molecule has 0 saturated carbocycles. The number of aliphatic hydroxyl groups is 1. The van der Waals surface area contributed by atoms with Crippen molar-refractivity contribution in [1.82, 2.24) is 0 Å². The Hall–Kier alpha value is -2.04. The maximum Gasteiger partial charge on any atom is 0.344 e. The molecule has 0 aliphatic carbocycles. The largest absolute Gasteiger partial charge is 0.495 e. The SMILES string of the molecule is COc1ccc2c(oc(=O)c3c(CCO)cccc32)c1Cl. The van der Waals surface area contributed by atoms with Crippen LogP contribution in [-0.2, 0) is 6.42 Å². The van der Waals surface area contributed by atoms with Crippen molar-refractivity contribution in [2.45, 2.75) is 6.42 Å². The Labute approximate surface area is 125 Å². The summed E-state index contributed by atoms with van der Waals surface area (Å²) in [6, 6.07) is 9.06. The number of halogens is 1.